The first-order valence-corrected chi connectivity index (χ1v) is 9.63. The molecule has 0 bridgehead atoms. The quantitative estimate of drug-likeness (QED) is 0.599. The summed E-state index contributed by atoms with van der Waals surface area (Å²) in [5, 5.41) is 6.09. The fourth-order valence-electron chi connectivity index (χ4n) is 2.63. The number of rotatable bonds is 5. The Balaban J connectivity index is 1.65. The van der Waals surface area contributed by atoms with E-state index < -0.39 is 0 Å². The molecule has 1 heterocycles. The number of thiazole rings is 1. The Morgan fingerprint density at radius 2 is 1.64 bits per heavy atom. The van der Waals surface area contributed by atoms with E-state index in [9.17, 15) is 9.59 Å². The largest absolute Gasteiger partial charge is 0.326 e. The van der Waals surface area contributed by atoms with Gasteiger partial charge in [0.25, 0.3) is 0 Å². The van der Waals surface area contributed by atoms with Crippen LogP contribution in [0.2, 0.25) is 0 Å². The summed E-state index contributed by atoms with van der Waals surface area (Å²) in [6.45, 7) is 5.50. The van der Waals surface area contributed by atoms with Gasteiger partial charge in [-0.05, 0) is 37.6 Å². The van der Waals surface area contributed by atoms with E-state index >= 15 is 0 Å². The molecular weight excluding hydrogens is 370 g/mol. The van der Waals surface area contributed by atoms with Crippen molar-refractivity contribution in [1.82, 2.24) is 4.98 Å². The van der Waals surface area contributed by atoms with Gasteiger partial charge in [0.1, 0.15) is 0 Å². The van der Waals surface area contributed by atoms with E-state index in [-0.39, 0.29) is 11.8 Å². The second-order valence-electron chi connectivity index (χ2n) is 6.42. The maximum Gasteiger partial charge on any atom is 0.250 e. The molecule has 1 aromatic heterocycles. The summed E-state index contributed by atoms with van der Waals surface area (Å²) < 4.78 is 0. The Morgan fingerprint density at radius 1 is 0.964 bits per heavy atom. The highest BCUT2D eigenvalue weighted by Gasteiger charge is 2.11. The summed E-state index contributed by atoms with van der Waals surface area (Å²) in [5.74, 6) is -0.360. The monoisotopic (exact) mass is 391 g/mol. The van der Waals surface area contributed by atoms with Gasteiger partial charge in [0.15, 0.2) is 5.13 Å². The number of benzene rings is 2. The summed E-state index contributed by atoms with van der Waals surface area (Å²) in [6, 6.07) is 15.4. The molecule has 3 aromatic rings. The number of nitrogens with one attached hydrogen (secondary N) is 2. The maximum absolute atomic E-state index is 12.2. The zero-order chi connectivity index (χ0) is 20.1. The van der Waals surface area contributed by atoms with Crippen LogP contribution >= 0.6 is 11.3 Å². The van der Waals surface area contributed by atoms with Gasteiger partial charge in [0, 0.05) is 29.1 Å². The molecule has 0 aliphatic heterocycles. The van der Waals surface area contributed by atoms with Gasteiger partial charge in [0.05, 0.1) is 5.69 Å². The standard InChI is InChI=1S/C22H21N3O2S/c1-14-4-9-18(10-5-14)21-15(2)28-22(25-21)24-20(27)13-8-17-6-11-19(12-7-17)23-16(3)26/h4-13H,1-3H3,(H,23,26)(H,24,25,27)/b13-8+. The van der Waals surface area contributed by atoms with Crippen molar-refractivity contribution in [1.29, 1.82) is 0 Å². The number of aryl methyl sites for hydroxylation is 2. The van der Waals surface area contributed by atoms with Gasteiger partial charge in [0.2, 0.25) is 11.8 Å². The molecule has 6 heteroatoms. The van der Waals surface area contributed by atoms with Gasteiger partial charge in [-0.15, -0.1) is 11.3 Å². The summed E-state index contributed by atoms with van der Waals surface area (Å²) in [5.41, 5.74) is 4.70. The van der Waals surface area contributed by atoms with Crippen molar-refractivity contribution >= 4 is 40.0 Å². The van der Waals surface area contributed by atoms with E-state index in [1.165, 1.54) is 29.9 Å². The van der Waals surface area contributed by atoms with E-state index in [1.54, 1.807) is 18.2 Å². The van der Waals surface area contributed by atoms with E-state index in [2.05, 4.69) is 15.6 Å². The van der Waals surface area contributed by atoms with Crippen molar-refractivity contribution in [3.63, 3.8) is 0 Å². The lowest BCUT2D eigenvalue weighted by Gasteiger charge is -2.01. The van der Waals surface area contributed by atoms with E-state index in [1.807, 2.05) is 50.2 Å². The van der Waals surface area contributed by atoms with Gasteiger partial charge >= 0.3 is 0 Å². The lowest BCUT2D eigenvalue weighted by molar-refractivity contribution is -0.114. The third kappa shape index (κ3) is 5.14. The number of anilines is 2. The third-order valence-electron chi connectivity index (χ3n) is 4.01. The predicted octanol–water partition coefficient (Wildman–Crippen LogP) is 5.04. The second kappa shape index (κ2) is 8.63. The zero-order valence-electron chi connectivity index (χ0n) is 15.9. The van der Waals surface area contributed by atoms with Crippen LogP contribution in [0.3, 0.4) is 0 Å². The van der Waals surface area contributed by atoms with Crippen molar-refractivity contribution in [3.05, 3.63) is 70.6 Å². The lowest BCUT2D eigenvalue weighted by Crippen LogP contribution is -2.07. The molecule has 0 aliphatic carbocycles. The molecule has 2 amide bonds. The first-order chi connectivity index (χ1) is 13.4. The highest BCUT2D eigenvalue weighted by atomic mass is 32.1. The van der Waals surface area contributed by atoms with Gasteiger partial charge in [-0.1, -0.05) is 42.0 Å². The molecular formula is C22H21N3O2S. The molecule has 3 rings (SSSR count). The molecule has 0 unspecified atom stereocenters. The average Bonchev–Trinajstić information content (AvgIpc) is 3.01. The Hall–Kier alpha value is -3.25. The van der Waals surface area contributed by atoms with Gasteiger partial charge in [-0.2, -0.15) is 0 Å². The van der Waals surface area contributed by atoms with E-state index in [0.29, 0.717) is 5.13 Å². The minimum absolute atomic E-state index is 0.119. The van der Waals surface area contributed by atoms with E-state index in [0.717, 1.165) is 27.4 Å². The number of aromatic nitrogens is 1. The molecule has 0 saturated carbocycles. The molecule has 142 valence electrons. The second-order valence-corrected chi connectivity index (χ2v) is 7.62. The third-order valence-corrected chi connectivity index (χ3v) is 4.90. The van der Waals surface area contributed by atoms with Gasteiger partial charge in [-0.25, -0.2) is 4.98 Å². The molecule has 0 fully saturated rings. The van der Waals surface area contributed by atoms with Crippen molar-refractivity contribution in [2.45, 2.75) is 20.8 Å². The summed E-state index contributed by atoms with van der Waals surface area (Å²) in [6.07, 6.45) is 3.18. The Morgan fingerprint density at radius 3 is 2.29 bits per heavy atom. The average molecular weight is 391 g/mol. The minimum Gasteiger partial charge on any atom is -0.326 e. The predicted molar refractivity (Wildman–Crippen MR) is 115 cm³/mol. The van der Waals surface area contributed by atoms with Crippen LogP contribution in [0, 0.1) is 13.8 Å². The number of amides is 2. The number of nitrogens with zero attached hydrogens (tertiary/aromatic N) is 1. The number of carbonyl (C=O) groups is 2. The van der Waals surface area contributed by atoms with Crippen LogP contribution in [0.15, 0.2) is 54.6 Å². The molecule has 0 saturated heterocycles. The van der Waals surface area contributed by atoms with Crippen molar-refractivity contribution in [3.8, 4) is 11.3 Å². The SMILES string of the molecule is CC(=O)Nc1ccc(/C=C/C(=O)Nc2nc(-c3ccc(C)cc3)c(C)s2)cc1. The molecule has 2 N–H and O–H groups in total. The number of hydrogen-bond acceptors (Lipinski definition) is 4. The van der Waals surface area contributed by atoms with Crippen LogP contribution in [0.5, 0.6) is 0 Å². The first-order valence-electron chi connectivity index (χ1n) is 8.82. The van der Waals surface area contributed by atoms with Crippen LogP contribution in [0.25, 0.3) is 17.3 Å². The highest BCUT2D eigenvalue weighted by molar-refractivity contribution is 7.16. The molecule has 0 spiro atoms. The van der Waals surface area contributed by atoms with Crippen molar-refractivity contribution in [2.24, 2.45) is 0 Å². The Labute approximate surface area is 168 Å². The molecule has 5 nitrogen and oxygen atoms in total. The van der Waals surface area contributed by atoms with Crippen LogP contribution in [-0.2, 0) is 9.59 Å². The lowest BCUT2D eigenvalue weighted by atomic mass is 10.1. The molecule has 0 aliphatic rings. The highest BCUT2D eigenvalue weighted by Crippen LogP contribution is 2.30. The molecule has 0 radical (unpaired) electrons. The van der Waals surface area contributed by atoms with Crippen LogP contribution < -0.4 is 10.6 Å². The Kier molecular flexibility index (Phi) is 6.01. The van der Waals surface area contributed by atoms with Crippen LogP contribution in [0.4, 0.5) is 10.8 Å². The summed E-state index contributed by atoms with van der Waals surface area (Å²) in [7, 11) is 0. The smallest absolute Gasteiger partial charge is 0.250 e. The van der Waals surface area contributed by atoms with Gasteiger partial charge < -0.3 is 5.32 Å². The van der Waals surface area contributed by atoms with Gasteiger partial charge in [-0.3, -0.25) is 14.9 Å². The van der Waals surface area contributed by atoms with Crippen LogP contribution in [-0.4, -0.2) is 16.8 Å². The normalized spacial score (nSPS) is 10.8. The minimum atomic E-state index is -0.241. The fourth-order valence-corrected chi connectivity index (χ4v) is 3.47. The number of hydrogen-bond donors (Lipinski definition) is 2. The molecule has 0 atom stereocenters. The Bertz CT molecular complexity index is 1020. The van der Waals surface area contributed by atoms with Crippen molar-refractivity contribution in [2.75, 3.05) is 10.6 Å². The molecule has 28 heavy (non-hydrogen) atoms. The zero-order valence-corrected chi connectivity index (χ0v) is 16.8. The first kappa shape index (κ1) is 19.5. The molecule has 2 aromatic carbocycles. The maximum atomic E-state index is 12.2. The van der Waals surface area contributed by atoms with Crippen molar-refractivity contribution < 1.29 is 9.59 Å². The van der Waals surface area contributed by atoms with Crippen LogP contribution in [0.1, 0.15) is 22.9 Å². The topological polar surface area (TPSA) is 71.1 Å². The fraction of sp³-hybridized carbons (Fsp3) is 0.136. The summed E-state index contributed by atoms with van der Waals surface area (Å²) >= 11 is 1.45. The number of carbonyl (C=O) groups excluding carboxylic acids is 2. The summed E-state index contributed by atoms with van der Waals surface area (Å²) in [4.78, 5) is 28.9. The van der Waals surface area contributed by atoms with E-state index in [4.69, 9.17) is 0 Å².